The highest BCUT2D eigenvalue weighted by molar-refractivity contribution is 5.54. The van der Waals surface area contributed by atoms with Crippen LogP contribution in [-0.4, -0.2) is 6.54 Å². The highest BCUT2D eigenvalue weighted by Gasteiger charge is 2.12. The first-order valence-electron chi connectivity index (χ1n) is 6.71. The number of aryl methyl sites for hydroxylation is 3. The maximum atomic E-state index is 5.95. The number of anilines is 1. The van der Waals surface area contributed by atoms with Crippen molar-refractivity contribution < 1.29 is 0 Å². The minimum Gasteiger partial charge on any atom is -0.377 e. The van der Waals surface area contributed by atoms with Gasteiger partial charge in [0.15, 0.2) is 0 Å². The van der Waals surface area contributed by atoms with Crippen molar-refractivity contribution >= 4 is 5.69 Å². The van der Waals surface area contributed by atoms with Gasteiger partial charge in [-0.25, -0.2) is 0 Å². The molecule has 0 saturated carbocycles. The molecule has 100 valence electrons. The molecule has 19 heavy (non-hydrogen) atoms. The molecule has 2 aromatic rings. The second-order valence-corrected chi connectivity index (χ2v) is 5.11. The molecule has 2 nitrogen and oxygen atoms in total. The van der Waals surface area contributed by atoms with E-state index in [1.807, 2.05) is 0 Å². The number of nitrogens with two attached hydrogens (primary N) is 1. The van der Waals surface area contributed by atoms with Crippen LogP contribution < -0.4 is 11.1 Å². The summed E-state index contributed by atoms with van der Waals surface area (Å²) in [6.45, 7) is 6.93. The summed E-state index contributed by atoms with van der Waals surface area (Å²) in [6, 6.07) is 15.0. The molecule has 0 aromatic heterocycles. The first-order chi connectivity index (χ1) is 9.11. The molecule has 0 radical (unpaired) electrons. The Morgan fingerprint density at radius 3 is 2.42 bits per heavy atom. The molecule has 0 saturated heterocycles. The van der Waals surface area contributed by atoms with Crippen molar-refractivity contribution in [2.24, 2.45) is 5.73 Å². The second kappa shape index (κ2) is 5.89. The Labute approximate surface area is 115 Å². The van der Waals surface area contributed by atoms with Gasteiger partial charge in [0.25, 0.3) is 0 Å². The fraction of sp³-hybridized carbons (Fsp3) is 0.294. The van der Waals surface area contributed by atoms with Crippen LogP contribution in [0.15, 0.2) is 42.5 Å². The maximum Gasteiger partial charge on any atom is 0.0638 e. The van der Waals surface area contributed by atoms with Crippen LogP contribution in [0.5, 0.6) is 0 Å². The molecule has 1 atom stereocenters. The van der Waals surface area contributed by atoms with Gasteiger partial charge in [-0.3, -0.25) is 0 Å². The monoisotopic (exact) mass is 254 g/mol. The van der Waals surface area contributed by atoms with Gasteiger partial charge in [0.1, 0.15) is 0 Å². The first-order valence-corrected chi connectivity index (χ1v) is 6.71. The predicted octanol–water partition coefficient (Wildman–Crippen LogP) is 3.72. The molecule has 0 amide bonds. The lowest BCUT2D eigenvalue weighted by Gasteiger charge is -2.22. The minimum absolute atomic E-state index is 0.154. The van der Waals surface area contributed by atoms with Gasteiger partial charge in [-0.15, -0.1) is 0 Å². The average Bonchev–Trinajstić information content (AvgIpc) is 2.41. The highest BCUT2D eigenvalue weighted by Crippen LogP contribution is 2.24. The Morgan fingerprint density at radius 1 is 1.00 bits per heavy atom. The van der Waals surface area contributed by atoms with Gasteiger partial charge in [0, 0.05) is 12.2 Å². The Morgan fingerprint density at radius 2 is 1.74 bits per heavy atom. The van der Waals surface area contributed by atoms with Gasteiger partial charge in [-0.2, -0.15) is 0 Å². The zero-order valence-electron chi connectivity index (χ0n) is 11.9. The van der Waals surface area contributed by atoms with Gasteiger partial charge >= 0.3 is 0 Å². The van der Waals surface area contributed by atoms with Crippen molar-refractivity contribution in [3.8, 4) is 0 Å². The van der Waals surface area contributed by atoms with E-state index in [1.165, 1.54) is 27.9 Å². The molecular weight excluding hydrogens is 232 g/mol. The van der Waals surface area contributed by atoms with Crippen LogP contribution in [0.25, 0.3) is 0 Å². The third-order valence-electron chi connectivity index (χ3n) is 3.52. The van der Waals surface area contributed by atoms with Crippen LogP contribution >= 0.6 is 0 Å². The van der Waals surface area contributed by atoms with Crippen molar-refractivity contribution in [2.75, 3.05) is 11.9 Å². The van der Waals surface area contributed by atoms with E-state index in [0.717, 1.165) is 0 Å². The third kappa shape index (κ3) is 3.15. The Kier molecular flexibility index (Phi) is 4.23. The lowest BCUT2D eigenvalue weighted by molar-refractivity contribution is 0.782. The van der Waals surface area contributed by atoms with E-state index in [9.17, 15) is 0 Å². The molecule has 0 bridgehead atoms. The van der Waals surface area contributed by atoms with E-state index >= 15 is 0 Å². The van der Waals surface area contributed by atoms with E-state index in [2.05, 4.69) is 68.6 Å². The average molecular weight is 254 g/mol. The molecule has 0 spiro atoms. The minimum atomic E-state index is 0.154. The summed E-state index contributed by atoms with van der Waals surface area (Å²) >= 11 is 0. The van der Waals surface area contributed by atoms with Gasteiger partial charge in [-0.1, -0.05) is 36.4 Å². The summed E-state index contributed by atoms with van der Waals surface area (Å²) in [5.41, 5.74) is 12.2. The molecule has 2 aromatic carbocycles. The summed E-state index contributed by atoms with van der Waals surface area (Å²) in [6.07, 6.45) is 0. The number of rotatable bonds is 4. The predicted molar refractivity (Wildman–Crippen MR) is 82.5 cm³/mol. The Bertz CT molecular complexity index is 561. The van der Waals surface area contributed by atoms with E-state index in [0.29, 0.717) is 6.54 Å². The van der Waals surface area contributed by atoms with Crippen LogP contribution in [0.2, 0.25) is 0 Å². The SMILES string of the molecule is Cc1ccc(C)c(NC(CN)c2ccccc2C)c1. The lowest BCUT2D eigenvalue weighted by Crippen LogP contribution is -2.21. The number of hydrogen-bond acceptors (Lipinski definition) is 2. The quantitative estimate of drug-likeness (QED) is 0.872. The Hall–Kier alpha value is -1.80. The molecule has 0 aliphatic rings. The van der Waals surface area contributed by atoms with Gasteiger partial charge in [0.05, 0.1) is 6.04 Å². The summed E-state index contributed by atoms with van der Waals surface area (Å²) in [5.74, 6) is 0. The molecule has 1 unspecified atom stereocenters. The standard InChI is InChI=1S/C17H22N2/c1-12-8-9-14(3)16(10-12)19-17(11-18)15-7-5-4-6-13(15)2/h4-10,17,19H,11,18H2,1-3H3. The number of hydrogen-bond donors (Lipinski definition) is 2. The smallest absolute Gasteiger partial charge is 0.0638 e. The number of nitrogens with one attached hydrogen (secondary N) is 1. The van der Waals surface area contributed by atoms with E-state index in [4.69, 9.17) is 5.73 Å². The normalized spacial score (nSPS) is 12.2. The molecule has 2 heteroatoms. The summed E-state index contributed by atoms with van der Waals surface area (Å²) in [7, 11) is 0. The van der Waals surface area contributed by atoms with Crippen molar-refractivity contribution in [3.05, 3.63) is 64.7 Å². The van der Waals surface area contributed by atoms with E-state index in [1.54, 1.807) is 0 Å². The summed E-state index contributed by atoms with van der Waals surface area (Å²) < 4.78 is 0. The maximum absolute atomic E-state index is 5.95. The van der Waals surface area contributed by atoms with Gasteiger partial charge in [0.2, 0.25) is 0 Å². The fourth-order valence-electron chi connectivity index (χ4n) is 2.32. The highest BCUT2D eigenvalue weighted by atomic mass is 14.9. The van der Waals surface area contributed by atoms with Crippen molar-refractivity contribution in [1.82, 2.24) is 0 Å². The third-order valence-corrected chi connectivity index (χ3v) is 3.52. The molecular formula is C17H22N2. The molecule has 0 heterocycles. The zero-order chi connectivity index (χ0) is 13.8. The molecule has 0 aliphatic carbocycles. The second-order valence-electron chi connectivity index (χ2n) is 5.11. The van der Waals surface area contributed by atoms with Crippen LogP contribution in [0.3, 0.4) is 0 Å². The topological polar surface area (TPSA) is 38.0 Å². The first kappa shape index (κ1) is 13.6. The summed E-state index contributed by atoms with van der Waals surface area (Å²) in [5, 5.41) is 3.57. The lowest BCUT2D eigenvalue weighted by atomic mass is 10.0. The van der Waals surface area contributed by atoms with E-state index < -0.39 is 0 Å². The molecule has 0 aliphatic heterocycles. The van der Waals surface area contributed by atoms with Crippen molar-refractivity contribution in [2.45, 2.75) is 26.8 Å². The zero-order valence-corrected chi connectivity index (χ0v) is 11.9. The van der Waals surface area contributed by atoms with Crippen molar-refractivity contribution in [3.63, 3.8) is 0 Å². The van der Waals surface area contributed by atoms with Crippen LogP contribution in [0, 0.1) is 20.8 Å². The van der Waals surface area contributed by atoms with Crippen LogP contribution in [0.4, 0.5) is 5.69 Å². The molecule has 3 N–H and O–H groups in total. The largest absolute Gasteiger partial charge is 0.377 e. The van der Waals surface area contributed by atoms with Crippen molar-refractivity contribution in [1.29, 1.82) is 0 Å². The van der Waals surface area contributed by atoms with Gasteiger partial charge < -0.3 is 11.1 Å². The molecule has 0 fully saturated rings. The molecule has 2 rings (SSSR count). The number of benzene rings is 2. The van der Waals surface area contributed by atoms with Crippen LogP contribution in [0.1, 0.15) is 28.3 Å². The van der Waals surface area contributed by atoms with Crippen LogP contribution in [-0.2, 0) is 0 Å². The summed E-state index contributed by atoms with van der Waals surface area (Å²) in [4.78, 5) is 0. The van der Waals surface area contributed by atoms with Gasteiger partial charge in [-0.05, 0) is 49.1 Å². The van der Waals surface area contributed by atoms with E-state index in [-0.39, 0.29) is 6.04 Å². The fourth-order valence-corrected chi connectivity index (χ4v) is 2.32. The Balaban J connectivity index is 2.29.